The molecule has 0 unspecified atom stereocenters. The predicted molar refractivity (Wildman–Crippen MR) is 67.2 cm³/mol. The Bertz CT molecular complexity index is 160. The molecule has 0 saturated carbocycles. The molecule has 0 atom stereocenters. The Kier molecular flexibility index (Phi) is 5.62. The van der Waals surface area contributed by atoms with E-state index in [2.05, 4.69) is 37.6 Å². The SMILES string of the molecule is CCN1CCC(CN(C)CC(C)C)CC1. The molecule has 1 rings (SSSR count). The summed E-state index contributed by atoms with van der Waals surface area (Å²) < 4.78 is 0. The summed E-state index contributed by atoms with van der Waals surface area (Å²) in [5.41, 5.74) is 0. The van der Waals surface area contributed by atoms with Crippen molar-refractivity contribution in [2.24, 2.45) is 11.8 Å². The molecule has 0 radical (unpaired) electrons. The Morgan fingerprint density at radius 2 is 1.87 bits per heavy atom. The minimum Gasteiger partial charge on any atom is -0.306 e. The topological polar surface area (TPSA) is 6.48 Å². The van der Waals surface area contributed by atoms with Gasteiger partial charge in [0.25, 0.3) is 0 Å². The van der Waals surface area contributed by atoms with Crippen LogP contribution < -0.4 is 0 Å². The monoisotopic (exact) mass is 212 g/mol. The molecule has 0 spiro atoms. The third kappa shape index (κ3) is 4.98. The van der Waals surface area contributed by atoms with E-state index in [4.69, 9.17) is 0 Å². The van der Waals surface area contributed by atoms with E-state index in [1.807, 2.05) is 0 Å². The van der Waals surface area contributed by atoms with E-state index in [0.717, 1.165) is 11.8 Å². The molecule has 2 nitrogen and oxygen atoms in total. The Morgan fingerprint density at radius 1 is 1.27 bits per heavy atom. The van der Waals surface area contributed by atoms with Crippen molar-refractivity contribution >= 4 is 0 Å². The fourth-order valence-corrected chi connectivity index (χ4v) is 2.62. The third-order valence-electron chi connectivity index (χ3n) is 3.40. The smallest absolute Gasteiger partial charge is 0.000767 e. The van der Waals surface area contributed by atoms with Gasteiger partial charge >= 0.3 is 0 Å². The molecule has 0 amide bonds. The first-order valence-electron chi connectivity index (χ1n) is 6.52. The van der Waals surface area contributed by atoms with E-state index in [0.29, 0.717) is 0 Å². The summed E-state index contributed by atoms with van der Waals surface area (Å²) in [6.07, 6.45) is 2.80. The average molecular weight is 212 g/mol. The van der Waals surface area contributed by atoms with Gasteiger partial charge in [0.05, 0.1) is 0 Å². The van der Waals surface area contributed by atoms with Crippen LogP contribution in [0.2, 0.25) is 0 Å². The highest BCUT2D eigenvalue weighted by molar-refractivity contribution is 4.73. The molecule has 1 fully saturated rings. The zero-order chi connectivity index (χ0) is 11.3. The standard InChI is InChI=1S/C13H28N2/c1-5-15-8-6-13(7-9-15)11-14(4)10-12(2)3/h12-13H,5-11H2,1-4H3. The van der Waals surface area contributed by atoms with Crippen LogP contribution in [0.1, 0.15) is 33.6 Å². The zero-order valence-corrected chi connectivity index (χ0v) is 11.0. The zero-order valence-electron chi connectivity index (χ0n) is 11.0. The maximum absolute atomic E-state index is 2.57. The summed E-state index contributed by atoms with van der Waals surface area (Å²) >= 11 is 0. The highest BCUT2D eigenvalue weighted by atomic mass is 15.1. The Labute approximate surface area is 95.6 Å². The van der Waals surface area contributed by atoms with E-state index in [1.165, 1.54) is 45.6 Å². The van der Waals surface area contributed by atoms with Crippen molar-refractivity contribution in [2.75, 3.05) is 39.8 Å². The summed E-state index contributed by atoms with van der Waals surface area (Å²) in [7, 11) is 2.27. The molecule has 0 N–H and O–H groups in total. The first-order chi connectivity index (χ1) is 7.11. The highest BCUT2D eigenvalue weighted by Crippen LogP contribution is 2.17. The highest BCUT2D eigenvalue weighted by Gasteiger charge is 2.19. The average Bonchev–Trinajstić information content (AvgIpc) is 2.17. The lowest BCUT2D eigenvalue weighted by molar-refractivity contribution is 0.154. The van der Waals surface area contributed by atoms with Gasteiger partial charge in [-0.2, -0.15) is 0 Å². The molecule has 1 aliphatic rings. The quantitative estimate of drug-likeness (QED) is 0.690. The number of rotatable bonds is 5. The van der Waals surface area contributed by atoms with Crippen LogP contribution >= 0.6 is 0 Å². The van der Waals surface area contributed by atoms with Gasteiger partial charge in [0.15, 0.2) is 0 Å². The van der Waals surface area contributed by atoms with E-state index >= 15 is 0 Å². The Morgan fingerprint density at radius 3 is 2.33 bits per heavy atom. The van der Waals surface area contributed by atoms with Crippen molar-refractivity contribution in [3.8, 4) is 0 Å². The Hall–Kier alpha value is -0.0800. The first-order valence-corrected chi connectivity index (χ1v) is 6.52. The van der Waals surface area contributed by atoms with Gasteiger partial charge in [-0.15, -0.1) is 0 Å². The van der Waals surface area contributed by atoms with Crippen molar-refractivity contribution in [3.63, 3.8) is 0 Å². The minimum absolute atomic E-state index is 0.797. The second kappa shape index (κ2) is 6.49. The van der Waals surface area contributed by atoms with Gasteiger partial charge in [-0.05, 0) is 51.4 Å². The maximum Gasteiger partial charge on any atom is 0.000767 e. The molecule has 2 heteroatoms. The molecule has 1 aliphatic heterocycles. The van der Waals surface area contributed by atoms with E-state index in [1.54, 1.807) is 0 Å². The number of hydrogen-bond donors (Lipinski definition) is 0. The fourth-order valence-electron chi connectivity index (χ4n) is 2.62. The number of hydrogen-bond acceptors (Lipinski definition) is 2. The largest absolute Gasteiger partial charge is 0.306 e. The molecule has 0 aromatic rings. The number of piperidine rings is 1. The lowest BCUT2D eigenvalue weighted by atomic mass is 9.96. The summed E-state index contributed by atoms with van der Waals surface area (Å²) in [4.78, 5) is 5.08. The molecule has 1 heterocycles. The summed E-state index contributed by atoms with van der Waals surface area (Å²) in [5, 5.41) is 0. The molecule has 0 aromatic heterocycles. The van der Waals surface area contributed by atoms with Gasteiger partial charge in [0, 0.05) is 13.1 Å². The Balaban J connectivity index is 2.17. The van der Waals surface area contributed by atoms with Crippen LogP contribution in [0.15, 0.2) is 0 Å². The summed E-state index contributed by atoms with van der Waals surface area (Å²) in [5.74, 6) is 1.74. The molecule has 0 bridgehead atoms. The van der Waals surface area contributed by atoms with Gasteiger partial charge in [0.2, 0.25) is 0 Å². The van der Waals surface area contributed by atoms with Crippen molar-refractivity contribution in [1.29, 1.82) is 0 Å². The van der Waals surface area contributed by atoms with E-state index < -0.39 is 0 Å². The molecule has 15 heavy (non-hydrogen) atoms. The molecule has 0 aliphatic carbocycles. The van der Waals surface area contributed by atoms with Crippen LogP contribution in [0.5, 0.6) is 0 Å². The molecule has 0 aromatic carbocycles. The fraction of sp³-hybridized carbons (Fsp3) is 1.00. The van der Waals surface area contributed by atoms with Crippen LogP contribution in [-0.2, 0) is 0 Å². The molecule has 1 saturated heterocycles. The van der Waals surface area contributed by atoms with Crippen LogP contribution in [-0.4, -0.2) is 49.6 Å². The normalized spacial score (nSPS) is 20.4. The number of likely N-dealkylation sites (tertiary alicyclic amines) is 1. The van der Waals surface area contributed by atoms with Crippen LogP contribution in [0.3, 0.4) is 0 Å². The van der Waals surface area contributed by atoms with Crippen molar-refractivity contribution in [2.45, 2.75) is 33.6 Å². The summed E-state index contributed by atoms with van der Waals surface area (Å²) in [6, 6.07) is 0. The second-order valence-corrected chi connectivity index (χ2v) is 5.49. The van der Waals surface area contributed by atoms with E-state index in [9.17, 15) is 0 Å². The maximum atomic E-state index is 2.57. The van der Waals surface area contributed by atoms with Gasteiger partial charge in [-0.3, -0.25) is 0 Å². The summed E-state index contributed by atoms with van der Waals surface area (Å²) in [6.45, 7) is 13.3. The molecule has 90 valence electrons. The van der Waals surface area contributed by atoms with Gasteiger partial charge < -0.3 is 9.80 Å². The van der Waals surface area contributed by atoms with E-state index in [-0.39, 0.29) is 0 Å². The molecular weight excluding hydrogens is 184 g/mol. The van der Waals surface area contributed by atoms with Crippen LogP contribution in [0.4, 0.5) is 0 Å². The van der Waals surface area contributed by atoms with Crippen LogP contribution in [0, 0.1) is 11.8 Å². The van der Waals surface area contributed by atoms with Crippen molar-refractivity contribution < 1.29 is 0 Å². The lowest BCUT2D eigenvalue weighted by Gasteiger charge is -2.33. The van der Waals surface area contributed by atoms with Crippen molar-refractivity contribution in [3.05, 3.63) is 0 Å². The van der Waals surface area contributed by atoms with Gasteiger partial charge in [0.1, 0.15) is 0 Å². The molecular formula is C13H28N2. The predicted octanol–water partition coefficient (Wildman–Crippen LogP) is 2.31. The van der Waals surface area contributed by atoms with Crippen LogP contribution in [0.25, 0.3) is 0 Å². The van der Waals surface area contributed by atoms with Crippen molar-refractivity contribution in [1.82, 2.24) is 9.80 Å². The van der Waals surface area contributed by atoms with Gasteiger partial charge in [-0.25, -0.2) is 0 Å². The third-order valence-corrected chi connectivity index (χ3v) is 3.40. The minimum atomic E-state index is 0.797. The second-order valence-electron chi connectivity index (χ2n) is 5.49. The first kappa shape index (κ1) is 13.0. The van der Waals surface area contributed by atoms with Gasteiger partial charge in [-0.1, -0.05) is 20.8 Å². The number of nitrogens with zero attached hydrogens (tertiary/aromatic N) is 2. The lowest BCUT2D eigenvalue weighted by Crippen LogP contribution is -2.38.